The quantitative estimate of drug-likeness (QED) is 0.637. The molecular weight excluding hydrogens is 293 g/mol. The minimum atomic E-state index is -4.24. The minimum absolute atomic E-state index is 0.359. The summed E-state index contributed by atoms with van der Waals surface area (Å²) in [6, 6.07) is 4.09. The highest BCUT2D eigenvalue weighted by Crippen LogP contribution is 2.41. The van der Waals surface area contributed by atoms with Crippen LogP contribution in [-0.2, 0) is 6.18 Å². The Bertz CT molecular complexity index is 412. The fourth-order valence-corrected chi connectivity index (χ4v) is 3.41. The van der Waals surface area contributed by atoms with E-state index in [0.717, 1.165) is 30.4 Å². The maximum atomic E-state index is 12.5. The smallest absolute Gasteiger partial charge is 0.166 e. The first kappa shape index (κ1) is 12.9. The molecule has 0 amide bonds. The Hall–Kier alpha value is -0.510. The van der Waals surface area contributed by atoms with Gasteiger partial charge in [-0.15, -0.1) is 0 Å². The second-order valence-corrected chi connectivity index (χ2v) is 5.80. The van der Waals surface area contributed by atoms with Gasteiger partial charge in [-0.25, -0.2) is 0 Å². The molecule has 0 bridgehead atoms. The highest BCUT2D eigenvalue weighted by molar-refractivity contribution is 9.09. The van der Waals surface area contributed by atoms with E-state index in [4.69, 9.17) is 0 Å². The van der Waals surface area contributed by atoms with Crippen LogP contribution < -0.4 is 0 Å². The molecular formula is C13H14BrF3. The van der Waals surface area contributed by atoms with Crippen molar-refractivity contribution in [2.24, 2.45) is 0 Å². The highest BCUT2D eigenvalue weighted by Gasteiger charge is 2.32. The van der Waals surface area contributed by atoms with Gasteiger partial charge < -0.3 is 0 Å². The van der Waals surface area contributed by atoms with Crippen LogP contribution in [0.15, 0.2) is 18.2 Å². The van der Waals surface area contributed by atoms with Gasteiger partial charge in [0.1, 0.15) is 0 Å². The monoisotopic (exact) mass is 306 g/mol. The van der Waals surface area contributed by atoms with Gasteiger partial charge in [-0.3, -0.25) is 0 Å². The van der Waals surface area contributed by atoms with Crippen molar-refractivity contribution in [2.75, 3.05) is 0 Å². The number of hydrogen-bond donors (Lipinski definition) is 0. The summed E-state index contributed by atoms with van der Waals surface area (Å²) in [5.41, 5.74) is 1.25. The third kappa shape index (κ3) is 2.67. The molecule has 0 radical (unpaired) electrons. The van der Waals surface area contributed by atoms with Crippen LogP contribution in [-0.4, -0.2) is 4.83 Å². The summed E-state index contributed by atoms with van der Waals surface area (Å²) in [5.74, 6) is 0.359. The van der Waals surface area contributed by atoms with E-state index in [9.17, 15) is 13.2 Å². The molecule has 1 aromatic rings. The summed E-state index contributed by atoms with van der Waals surface area (Å²) in [6.07, 6.45) is -0.943. The van der Waals surface area contributed by atoms with Crippen LogP contribution in [0.25, 0.3) is 0 Å². The number of rotatable bonds is 1. The molecule has 2 rings (SSSR count). The molecule has 1 aliphatic carbocycles. The van der Waals surface area contributed by atoms with Crippen molar-refractivity contribution < 1.29 is 13.2 Å². The summed E-state index contributed by atoms with van der Waals surface area (Å²) < 4.78 is 37.6. The van der Waals surface area contributed by atoms with Crippen LogP contribution in [0.1, 0.15) is 41.9 Å². The molecule has 0 aromatic heterocycles. The van der Waals surface area contributed by atoms with Gasteiger partial charge in [-0.1, -0.05) is 28.4 Å². The molecule has 4 heteroatoms. The van der Waals surface area contributed by atoms with Crippen molar-refractivity contribution in [3.05, 3.63) is 34.9 Å². The van der Waals surface area contributed by atoms with Crippen molar-refractivity contribution in [3.8, 4) is 0 Å². The largest absolute Gasteiger partial charge is 0.416 e. The Morgan fingerprint density at radius 3 is 2.41 bits per heavy atom. The van der Waals surface area contributed by atoms with Crippen molar-refractivity contribution in [2.45, 2.75) is 43.1 Å². The van der Waals surface area contributed by atoms with E-state index in [0.29, 0.717) is 10.7 Å². The number of halogens is 4. The van der Waals surface area contributed by atoms with Crippen LogP contribution in [0.5, 0.6) is 0 Å². The molecule has 0 spiro atoms. The second-order valence-electron chi connectivity index (χ2n) is 4.62. The minimum Gasteiger partial charge on any atom is -0.166 e. The predicted octanol–water partition coefficient (Wildman–Crippen LogP) is 5.04. The van der Waals surface area contributed by atoms with Gasteiger partial charge in [-0.05, 0) is 48.9 Å². The zero-order valence-corrected chi connectivity index (χ0v) is 11.1. The van der Waals surface area contributed by atoms with Gasteiger partial charge in [0.15, 0.2) is 0 Å². The summed E-state index contributed by atoms with van der Waals surface area (Å²) in [6.45, 7) is 1.77. The maximum absolute atomic E-state index is 12.5. The molecule has 0 heterocycles. The van der Waals surface area contributed by atoms with Gasteiger partial charge >= 0.3 is 6.18 Å². The molecule has 1 saturated carbocycles. The second kappa shape index (κ2) is 4.63. The van der Waals surface area contributed by atoms with Gasteiger partial charge in [-0.2, -0.15) is 13.2 Å². The van der Waals surface area contributed by atoms with Gasteiger partial charge in [0.05, 0.1) is 5.56 Å². The molecule has 1 fully saturated rings. The van der Waals surface area contributed by atoms with Gasteiger partial charge in [0.2, 0.25) is 0 Å². The zero-order valence-electron chi connectivity index (χ0n) is 9.52. The summed E-state index contributed by atoms with van der Waals surface area (Å²) in [5, 5.41) is 0. The SMILES string of the molecule is Cc1cc(C(F)(F)F)ccc1C1CCCC1Br. The molecule has 94 valence electrons. The predicted molar refractivity (Wildman–Crippen MR) is 65.5 cm³/mol. The third-order valence-corrected chi connectivity index (χ3v) is 4.52. The lowest BCUT2D eigenvalue weighted by atomic mass is 9.92. The molecule has 1 aliphatic rings. The molecule has 0 nitrogen and oxygen atoms in total. The average Bonchev–Trinajstić information content (AvgIpc) is 2.63. The van der Waals surface area contributed by atoms with Crippen LogP contribution in [0.2, 0.25) is 0 Å². The van der Waals surface area contributed by atoms with E-state index in [1.165, 1.54) is 12.1 Å². The third-order valence-electron chi connectivity index (χ3n) is 3.43. The van der Waals surface area contributed by atoms with Crippen LogP contribution in [0.4, 0.5) is 13.2 Å². The molecule has 2 unspecified atom stereocenters. The van der Waals surface area contributed by atoms with E-state index in [1.54, 1.807) is 13.0 Å². The lowest BCUT2D eigenvalue weighted by molar-refractivity contribution is -0.137. The normalized spacial score (nSPS) is 25.2. The van der Waals surface area contributed by atoms with E-state index in [-0.39, 0.29) is 0 Å². The topological polar surface area (TPSA) is 0 Å². The van der Waals surface area contributed by atoms with Crippen molar-refractivity contribution >= 4 is 15.9 Å². The lowest BCUT2D eigenvalue weighted by Crippen LogP contribution is -2.09. The van der Waals surface area contributed by atoms with Crippen LogP contribution in [0, 0.1) is 6.92 Å². The fourth-order valence-electron chi connectivity index (χ4n) is 2.53. The molecule has 0 saturated heterocycles. The number of aryl methyl sites for hydroxylation is 1. The van der Waals surface area contributed by atoms with Gasteiger partial charge in [0.25, 0.3) is 0 Å². The first-order valence-corrected chi connectivity index (χ1v) is 6.63. The number of benzene rings is 1. The first-order valence-electron chi connectivity index (χ1n) is 5.71. The molecule has 0 N–H and O–H groups in total. The number of alkyl halides is 4. The number of hydrogen-bond acceptors (Lipinski definition) is 0. The molecule has 1 aromatic carbocycles. The fraction of sp³-hybridized carbons (Fsp3) is 0.538. The Kier molecular flexibility index (Phi) is 3.53. The molecule has 2 atom stereocenters. The lowest BCUT2D eigenvalue weighted by Gasteiger charge is -2.18. The Labute approximate surface area is 107 Å². The Morgan fingerprint density at radius 2 is 1.94 bits per heavy atom. The van der Waals surface area contributed by atoms with Gasteiger partial charge in [0, 0.05) is 4.83 Å². The standard InChI is InChI=1S/C13H14BrF3/c1-8-7-9(13(15,16)17)5-6-10(8)11-3-2-4-12(11)14/h5-7,11-12H,2-4H2,1H3. The van der Waals surface area contributed by atoms with Crippen molar-refractivity contribution in [3.63, 3.8) is 0 Å². The zero-order chi connectivity index (χ0) is 12.6. The van der Waals surface area contributed by atoms with Crippen molar-refractivity contribution in [1.82, 2.24) is 0 Å². The van der Waals surface area contributed by atoms with Crippen LogP contribution >= 0.6 is 15.9 Å². The van der Waals surface area contributed by atoms with E-state index < -0.39 is 11.7 Å². The average molecular weight is 307 g/mol. The summed E-state index contributed by atoms with van der Waals surface area (Å²) in [7, 11) is 0. The van der Waals surface area contributed by atoms with E-state index >= 15 is 0 Å². The summed E-state index contributed by atoms with van der Waals surface area (Å²) >= 11 is 3.61. The molecule has 17 heavy (non-hydrogen) atoms. The van der Waals surface area contributed by atoms with E-state index in [2.05, 4.69) is 15.9 Å². The highest BCUT2D eigenvalue weighted by atomic mass is 79.9. The Balaban J connectivity index is 2.32. The van der Waals surface area contributed by atoms with E-state index in [1.807, 2.05) is 0 Å². The van der Waals surface area contributed by atoms with Crippen LogP contribution in [0.3, 0.4) is 0 Å². The maximum Gasteiger partial charge on any atom is 0.416 e. The van der Waals surface area contributed by atoms with Crippen molar-refractivity contribution in [1.29, 1.82) is 0 Å². The molecule has 0 aliphatic heterocycles. The summed E-state index contributed by atoms with van der Waals surface area (Å²) in [4.78, 5) is 0.401. The Morgan fingerprint density at radius 1 is 1.24 bits per heavy atom. The first-order chi connectivity index (χ1) is 7.89.